The molecule has 1 aliphatic heterocycles. The Balaban J connectivity index is 1.49. The number of pyridine rings is 1. The van der Waals surface area contributed by atoms with E-state index in [1.54, 1.807) is 30.3 Å². The first-order valence-corrected chi connectivity index (χ1v) is 15.4. The molecule has 212 valence electrons. The van der Waals surface area contributed by atoms with E-state index in [1.807, 2.05) is 24.6 Å². The number of halogens is 2. The summed E-state index contributed by atoms with van der Waals surface area (Å²) in [6, 6.07) is 12.6. The fraction of sp³-hybridized carbons (Fsp3) is 0.387. The maximum absolute atomic E-state index is 15.5. The standard InChI is InChI=1S/C31H35F2N3O3S/c1-19(2)18-36-12-10-31(37,11-13-36)25-16-26(32)24(14-27(25)33)28-17-30-23(20(3)34-28)15-29(35(30)4)21-6-8-22(9-7-21)40(5,38)39/h6-9,14-17,19,37H,10-13,18H2,1-5H3. The van der Waals surface area contributed by atoms with E-state index in [-0.39, 0.29) is 16.0 Å². The van der Waals surface area contributed by atoms with Crippen LogP contribution in [0.25, 0.3) is 33.4 Å². The van der Waals surface area contributed by atoms with Gasteiger partial charge in [0.2, 0.25) is 0 Å². The van der Waals surface area contributed by atoms with Gasteiger partial charge in [-0.1, -0.05) is 26.0 Å². The molecule has 6 nitrogen and oxygen atoms in total. The Labute approximate surface area is 234 Å². The first-order chi connectivity index (χ1) is 18.8. The quantitative estimate of drug-likeness (QED) is 0.317. The number of hydrogen-bond acceptors (Lipinski definition) is 5. The third kappa shape index (κ3) is 5.30. The highest BCUT2D eigenvalue weighted by atomic mass is 32.2. The van der Waals surface area contributed by atoms with Crippen molar-refractivity contribution in [3.8, 4) is 22.5 Å². The molecular formula is C31H35F2N3O3S. The van der Waals surface area contributed by atoms with Gasteiger partial charge in [-0.15, -0.1) is 0 Å². The van der Waals surface area contributed by atoms with E-state index in [2.05, 4.69) is 23.7 Å². The van der Waals surface area contributed by atoms with Crippen molar-refractivity contribution in [2.75, 3.05) is 25.9 Å². The van der Waals surface area contributed by atoms with Gasteiger partial charge >= 0.3 is 0 Å². The summed E-state index contributed by atoms with van der Waals surface area (Å²) in [6.07, 6.45) is 1.85. The molecule has 0 saturated carbocycles. The van der Waals surface area contributed by atoms with Crippen molar-refractivity contribution in [1.82, 2.24) is 14.5 Å². The summed E-state index contributed by atoms with van der Waals surface area (Å²) in [5.74, 6) is -0.783. The molecule has 0 unspecified atom stereocenters. The predicted molar refractivity (Wildman–Crippen MR) is 154 cm³/mol. The van der Waals surface area contributed by atoms with E-state index in [1.165, 1.54) is 6.26 Å². The van der Waals surface area contributed by atoms with Gasteiger partial charge < -0.3 is 14.6 Å². The van der Waals surface area contributed by atoms with Crippen molar-refractivity contribution in [2.45, 2.75) is 44.1 Å². The van der Waals surface area contributed by atoms with Crippen molar-refractivity contribution >= 4 is 20.7 Å². The van der Waals surface area contributed by atoms with E-state index >= 15 is 8.78 Å². The van der Waals surface area contributed by atoms with Gasteiger partial charge in [-0.25, -0.2) is 17.2 Å². The molecule has 1 fully saturated rings. The maximum atomic E-state index is 15.5. The zero-order chi connectivity index (χ0) is 29.0. The minimum Gasteiger partial charge on any atom is -0.385 e. The molecule has 0 bridgehead atoms. The van der Waals surface area contributed by atoms with Crippen molar-refractivity contribution in [3.05, 3.63) is 71.4 Å². The number of piperidine rings is 1. The molecule has 9 heteroatoms. The van der Waals surface area contributed by atoms with Crippen LogP contribution in [0.15, 0.2) is 53.4 Å². The van der Waals surface area contributed by atoms with E-state index in [4.69, 9.17) is 0 Å². The van der Waals surface area contributed by atoms with Crippen LogP contribution < -0.4 is 0 Å². The van der Waals surface area contributed by atoms with Gasteiger partial charge in [0.15, 0.2) is 9.84 Å². The van der Waals surface area contributed by atoms with Crippen LogP contribution in [0.4, 0.5) is 8.78 Å². The Morgan fingerprint density at radius 1 is 1.02 bits per heavy atom. The second-order valence-electron chi connectivity index (χ2n) is 11.4. The van der Waals surface area contributed by atoms with Crippen LogP contribution >= 0.6 is 0 Å². The molecule has 2 aromatic carbocycles. The van der Waals surface area contributed by atoms with Gasteiger partial charge in [-0.3, -0.25) is 4.98 Å². The van der Waals surface area contributed by atoms with Crippen LogP contribution in [-0.2, 0) is 22.5 Å². The second-order valence-corrected chi connectivity index (χ2v) is 13.5. The minimum atomic E-state index is -3.31. The highest BCUT2D eigenvalue weighted by molar-refractivity contribution is 7.90. The normalized spacial score (nSPS) is 16.2. The third-order valence-electron chi connectivity index (χ3n) is 7.95. The summed E-state index contributed by atoms with van der Waals surface area (Å²) in [6.45, 7) is 8.25. The zero-order valence-corrected chi connectivity index (χ0v) is 24.3. The Morgan fingerprint density at radius 2 is 1.68 bits per heavy atom. The zero-order valence-electron chi connectivity index (χ0n) is 23.5. The highest BCUT2D eigenvalue weighted by Crippen LogP contribution is 2.38. The Hall–Kier alpha value is -3.14. The molecule has 1 aliphatic rings. The van der Waals surface area contributed by atoms with Crippen molar-refractivity contribution < 1.29 is 22.3 Å². The molecule has 0 spiro atoms. The van der Waals surface area contributed by atoms with Crippen LogP contribution in [0, 0.1) is 24.5 Å². The van der Waals surface area contributed by atoms with Gasteiger partial charge in [0.05, 0.1) is 21.7 Å². The van der Waals surface area contributed by atoms with Gasteiger partial charge in [0.25, 0.3) is 0 Å². The van der Waals surface area contributed by atoms with Crippen molar-refractivity contribution in [2.24, 2.45) is 13.0 Å². The van der Waals surface area contributed by atoms with Crippen LogP contribution in [0.3, 0.4) is 0 Å². The van der Waals surface area contributed by atoms with Gasteiger partial charge in [0, 0.05) is 60.8 Å². The SMILES string of the molecule is Cc1nc(-c2cc(F)c(C3(O)CCN(CC(C)C)CC3)cc2F)cc2c1cc(-c1ccc(S(C)(=O)=O)cc1)n2C. The number of sulfone groups is 1. The number of hydrogen-bond donors (Lipinski definition) is 1. The summed E-state index contributed by atoms with van der Waals surface area (Å²) in [4.78, 5) is 7.08. The number of aliphatic hydroxyl groups is 1. The predicted octanol–water partition coefficient (Wildman–Crippen LogP) is 5.84. The number of likely N-dealkylation sites (tertiary alicyclic amines) is 1. The first-order valence-electron chi connectivity index (χ1n) is 13.5. The summed E-state index contributed by atoms with van der Waals surface area (Å²) < 4.78 is 56.6. The van der Waals surface area contributed by atoms with Gasteiger partial charge in [-0.05, 0) is 67.6 Å². The molecule has 0 amide bonds. The Morgan fingerprint density at radius 3 is 2.27 bits per heavy atom. The van der Waals surface area contributed by atoms with Gasteiger partial charge in [0.1, 0.15) is 11.6 Å². The van der Waals surface area contributed by atoms with E-state index in [0.717, 1.165) is 40.8 Å². The molecular weight excluding hydrogens is 532 g/mol. The largest absolute Gasteiger partial charge is 0.385 e. The number of nitrogens with zero attached hydrogens (tertiary/aromatic N) is 3. The average molecular weight is 568 g/mol. The molecule has 5 rings (SSSR count). The molecule has 0 aliphatic carbocycles. The van der Waals surface area contributed by atoms with E-state index in [9.17, 15) is 13.5 Å². The topological polar surface area (TPSA) is 75.4 Å². The van der Waals surface area contributed by atoms with Crippen LogP contribution in [0.1, 0.15) is 37.9 Å². The number of benzene rings is 2. The Bertz CT molecular complexity index is 1690. The average Bonchev–Trinajstić information content (AvgIpc) is 3.23. The molecule has 3 heterocycles. The fourth-order valence-corrected chi connectivity index (χ4v) is 6.39. The lowest BCUT2D eigenvalue weighted by atomic mass is 9.83. The smallest absolute Gasteiger partial charge is 0.175 e. The molecule has 0 radical (unpaired) electrons. The number of fused-ring (bicyclic) bond motifs is 1. The molecule has 1 N–H and O–H groups in total. The highest BCUT2D eigenvalue weighted by Gasteiger charge is 2.37. The van der Waals surface area contributed by atoms with Gasteiger partial charge in [-0.2, -0.15) is 0 Å². The number of aromatic nitrogens is 2. The van der Waals surface area contributed by atoms with Crippen LogP contribution in [0.2, 0.25) is 0 Å². The summed E-state index contributed by atoms with van der Waals surface area (Å²) in [5.41, 5.74) is 2.01. The second kappa shape index (κ2) is 10.4. The molecule has 40 heavy (non-hydrogen) atoms. The molecule has 1 saturated heterocycles. The van der Waals surface area contributed by atoms with Crippen LogP contribution in [0.5, 0.6) is 0 Å². The fourth-order valence-electron chi connectivity index (χ4n) is 5.76. The minimum absolute atomic E-state index is 0.00515. The summed E-state index contributed by atoms with van der Waals surface area (Å²) in [7, 11) is -1.44. The summed E-state index contributed by atoms with van der Waals surface area (Å²) >= 11 is 0. The number of aryl methyl sites for hydroxylation is 2. The van der Waals surface area contributed by atoms with Crippen molar-refractivity contribution in [1.29, 1.82) is 0 Å². The lowest BCUT2D eigenvalue weighted by molar-refractivity contribution is -0.0306. The lowest BCUT2D eigenvalue weighted by Gasteiger charge is -2.39. The lowest BCUT2D eigenvalue weighted by Crippen LogP contribution is -2.44. The molecule has 2 aromatic heterocycles. The Kier molecular flexibility index (Phi) is 7.35. The van der Waals surface area contributed by atoms with E-state index < -0.39 is 27.1 Å². The first kappa shape index (κ1) is 28.4. The van der Waals surface area contributed by atoms with E-state index in [0.29, 0.717) is 43.2 Å². The third-order valence-corrected chi connectivity index (χ3v) is 9.08. The monoisotopic (exact) mass is 567 g/mol. The molecule has 0 atom stereocenters. The van der Waals surface area contributed by atoms with Crippen molar-refractivity contribution in [3.63, 3.8) is 0 Å². The number of rotatable bonds is 6. The van der Waals surface area contributed by atoms with Crippen LogP contribution in [-0.4, -0.2) is 53.9 Å². The maximum Gasteiger partial charge on any atom is 0.175 e. The summed E-state index contributed by atoms with van der Waals surface area (Å²) in [5, 5.41) is 12.1. The molecule has 4 aromatic rings.